The normalized spacial score (nSPS) is 12.5. The third-order valence-corrected chi connectivity index (χ3v) is 7.04. The molecule has 3 rings (SSSR count). The molecule has 0 bridgehead atoms. The number of hydrogen-bond acceptors (Lipinski definition) is 4. The number of anilines is 1. The van der Waals surface area contributed by atoms with E-state index < -0.39 is 35.6 Å². The lowest BCUT2D eigenvalue weighted by molar-refractivity contribution is -0.140. The van der Waals surface area contributed by atoms with Gasteiger partial charge < -0.3 is 20.3 Å². The van der Waals surface area contributed by atoms with Crippen molar-refractivity contribution in [2.24, 2.45) is 0 Å². The third kappa shape index (κ3) is 8.46. The number of aryl methyl sites for hydroxylation is 3. The van der Waals surface area contributed by atoms with Crippen molar-refractivity contribution in [2.45, 2.75) is 65.6 Å². The van der Waals surface area contributed by atoms with E-state index in [-0.39, 0.29) is 13.0 Å². The maximum Gasteiger partial charge on any atom is 0.408 e. The van der Waals surface area contributed by atoms with Gasteiger partial charge in [0.05, 0.1) is 10.7 Å². The summed E-state index contributed by atoms with van der Waals surface area (Å²) in [5, 5.41) is 6.13. The zero-order valence-corrected chi connectivity index (χ0v) is 25.9. The minimum atomic E-state index is -1.05. The Morgan fingerprint density at radius 2 is 1.52 bits per heavy atom. The first-order valence-electron chi connectivity index (χ1n) is 13.9. The highest BCUT2D eigenvalue weighted by Crippen LogP contribution is 2.32. The van der Waals surface area contributed by atoms with Crippen LogP contribution in [0.5, 0.6) is 0 Å². The lowest BCUT2D eigenvalue weighted by Crippen LogP contribution is -2.53. The minimum absolute atomic E-state index is 0.0491. The molecular formula is C34H40ClN3O4. The van der Waals surface area contributed by atoms with Gasteiger partial charge in [0, 0.05) is 13.0 Å². The first kappa shape index (κ1) is 32.4. The first-order valence-corrected chi connectivity index (χ1v) is 14.3. The minimum Gasteiger partial charge on any atom is -0.444 e. The van der Waals surface area contributed by atoms with E-state index in [0.29, 0.717) is 16.3 Å². The molecule has 3 amide bonds. The summed E-state index contributed by atoms with van der Waals surface area (Å²) in [6.45, 7) is 14.8. The van der Waals surface area contributed by atoms with E-state index >= 15 is 0 Å². The van der Waals surface area contributed by atoms with Gasteiger partial charge in [-0.3, -0.25) is 9.59 Å². The van der Waals surface area contributed by atoms with E-state index in [1.807, 2.05) is 75.4 Å². The Morgan fingerprint density at radius 3 is 2.10 bits per heavy atom. The topological polar surface area (TPSA) is 87.7 Å². The number of para-hydroxylation sites is 1. The van der Waals surface area contributed by atoms with Gasteiger partial charge in [-0.25, -0.2) is 4.79 Å². The second-order valence-electron chi connectivity index (χ2n) is 11.3. The molecule has 0 spiro atoms. The van der Waals surface area contributed by atoms with Crippen LogP contribution in [0.25, 0.3) is 0 Å². The molecule has 0 aliphatic heterocycles. The number of carbonyl (C=O) groups is 3. The molecule has 3 aromatic rings. The standard InChI is InChI=1S/C34H40ClN3O4/c1-8-20-38(32(40)27(21-25-17-10-9-11-18-25)36-33(41)42-34(5,6)7)30(28-22(2)14-12-15-23(28)3)31(39)37-29-24(4)16-13-19-26(29)35/h8-19,27,30H,1,20-21H2,2-7H3,(H,36,41)(H,37,39). The predicted octanol–water partition coefficient (Wildman–Crippen LogP) is 7.10. The monoisotopic (exact) mass is 589 g/mol. The second kappa shape index (κ2) is 14.2. The molecule has 2 unspecified atom stereocenters. The Bertz CT molecular complexity index is 1390. The maximum atomic E-state index is 14.5. The molecule has 8 heteroatoms. The average molecular weight is 590 g/mol. The molecule has 0 radical (unpaired) electrons. The van der Waals surface area contributed by atoms with Gasteiger partial charge in [-0.2, -0.15) is 0 Å². The molecule has 0 saturated carbocycles. The van der Waals surface area contributed by atoms with E-state index in [1.54, 1.807) is 39.0 Å². The first-order chi connectivity index (χ1) is 19.8. The van der Waals surface area contributed by atoms with Gasteiger partial charge in [0.25, 0.3) is 5.91 Å². The fraction of sp³-hybridized carbons (Fsp3) is 0.324. The smallest absolute Gasteiger partial charge is 0.408 e. The van der Waals surface area contributed by atoms with Gasteiger partial charge in [-0.05, 0) is 75.4 Å². The van der Waals surface area contributed by atoms with Gasteiger partial charge >= 0.3 is 6.09 Å². The molecule has 0 fully saturated rings. The highest BCUT2D eigenvalue weighted by Gasteiger charge is 2.37. The summed E-state index contributed by atoms with van der Waals surface area (Å²) in [6.07, 6.45) is 1.03. The van der Waals surface area contributed by atoms with Gasteiger partial charge in [-0.15, -0.1) is 6.58 Å². The second-order valence-corrected chi connectivity index (χ2v) is 11.7. The highest BCUT2D eigenvalue weighted by molar-refractivity contribution is 6.34. The van der Waals surface area contributed by atoms with Crippen molar-refractivity contribution < 1.29 is 19.1 Å². The van der Waals surface area contributed by atoms with Crippen LogP contribution in [-0.2, 0) is 20.7 Å². The van der Waals surface area contributed by atoms with Crippen LogP contribution >= 0.6 is 11.6 Å². The zero-order chi connectivity index (χ0) is 31.0. The van der Waals surface area contributed by atoms with Crippen molar-refractivity contribution in [2.75, 3.05) is 11.9 Å². The molecule has 7 nitrogen and oxygen atoms in total. The van der Waals surface area contributed by atoms with E-state index in [9.17, 15) is 14.4 Å². The SMILES string of the molecule is C=CCN(C(=O)C(Cc1ccccc1)NC(=O)OC(C)(C)C)C(C(=O)Nc1c(C)cccc1Cl)c1c(C)cccc1C. The number of rotatable bonds is 10. The van der Waals surface area contributed by atoms with Crippen molar-refractivity contribution in [3.05, 3.63) is 112 Å². The lowest BCUT2D eigenvalue weighted by atomic mass is 9.93. The third-order valence-electron chi connectivity index (χ3n) is 6.73. The van der Waals surface area contributed by atoms with Crippen LogP contribution in [0.4, 0.5) is 10.5 Å². The molecule has 42 heavy (non-hydrogen) atoms. The summed E-state index contributed by atoms with van der Waals surface area (Å²) in [4.78, 5) is 43.1. The molecule has 0 aliphatic carbocycles. The van der Waals surface area contributed by atoms with Gasteiger partial charge in [-0.1, -0.05) is 78.3 Å². The number of carbonyl (C=O) groups excluding carboxylic acids is 3. The number of ether oxygens (including phenoxy) is 1. The molecule has 0 aromatic heterocycles. The van der Waals surface area contributed by atoms with Crippen molar-refractivity contribution >= 4 is 35.2 Å². The van der Waals surface area contributed by atoms with Gasteiger partial charge in [0.2, 0.25) is 5.91 Å². The number of nitrogens with one attached hydrogen (secondary N) is 2. The summed E-state index contributed by atoms with van der Waals surface area (Å²) in [6, 6.07) is 18.4. The molecular weight excluding hydrogens is 550 g/mol. The Labute approximate surface area is 253 Å². The van der Waals surface area contributed by atoms with Gasteiger partial charge in [0.1, 0.15) is 17.7 Å². The van der Waals surface area contributed by atoms with E-state index in [0.717, 1.165) is 22.3 Å². The van der Waals surface area contributed by atoms with Crippen molar-refractivity contribution in [1.29, 1.82) is 0 Å². The number of alkyl carbamates (subject to hydrolysis) is 1. The van der Waals surface area contributed by atoms with Crippen LogP contribution in [0, 0.1) is 20.8 Å². The Hall–Kier alpha value is -4.10. The van der Waals surface area contributed by atoms with Crippen molar-refractivity contribution in [1.82, 2.24) is 10.2 Å². The largest absolute Gasteiger partial charge is 0.444 e. The quantitative estimate of drug-likeness (QED) is 0.247. The fourth-order valence-electron chi connectivity index (χ4n) is 4.83. The molecule has 2 N–H and O–H groups in total. The van der Waals surface area contributed by atoms with Crippen LogP contribution in [0.3, 0.4) is 0 Å². The average Bonchev–Trinajstić information content (AvgIpc) is 2.91. The van der Waals surface area contributed by atoms with Crippen LogP contribution in [0.15, 0.2) is 79.4 Å². The lowest BCUT2D eigenvalue weighted by Gasteiger charge is -2.35. The molecule has 222 valence electrons. The van der Waals surface area contributed by atoms with Crippen LogP contribution in [0.1, 0.15) is 54.6 Å². The Kier molecular flexibility index (Phi) is 10.9. The summed E-state index contributed by atoms with van der Waals surface area (Å²) in [5.74, 6) is -0.891. The fourth-order valence-corrected chi connectivity index (χ4v) is 5.10. The summed E-state index contributed by atoms with van der Waals surface area (Å²) in [5.41, 5.74) is 3.69. The van der Waals surface area contributed by atoms with Crippen LogP contribution in [-0.4, -0.2) is 41.0 Å². The van der Waals surface area contributed by atoms with E-state index in [2.05, 4.69) is 17.2 Å². The number of amides is 3. The van der Waals surface area contributed by atoms with E-state index in [4.69, 9.17) is 16.3 Å². The summed E-state index contributed by atoms with van der Waals surface area (Å²) < 4.78 is 5.50. The Balaban J connectivity index is 2.12. The highest BCUT2D eigenvalue weighted by atomic mass is 35.5. The molecule has 0 saturated heterocycles. The van der Waals surface area contributed by atoms with Crippen LogP contribution < -0.4 is 10.6 Å². The molecule has 0 aliphatic rings. The number of hydrogen-bond donors (Lipinski definition) is 2. The number of nitrogens with zero attached hydrogens (tertiary/aromatic N) is 1. The number of benzene rings is 3. The molecule has 2 atom stereocenters. The maximum absolute atomic E-state index is 14.5. The molecule has 0 heterocycles. The summed E-state index contributed by atoms with van der Waals surface area (Å²) in [7, 11) is 0. The van der Waals surface area contributed by atoms with E-state index in [1.165, 1.54) is 4.90 Å². The van der Waals surface area contributed by atoms with Crippen LogP contribution in [0.2, 0.25) is 5.02 Å². The Morgan fingerprint density at radius 1 is 0.929 bits per heavy atom. The zero-order valence-electron chi connectivity index (χ0n) is 25.2. The predicted molar refractivity (Wildman–Crippen MR) is 169 cm³/mol. The molecule has 3 aromatic carbocycles. The van der Waals surface area contributed by atoms with Gasteiger partial charge in [0.15, 0.2) is 0 Å². The summed E-state index contributed by atoms with van der Waals surface area (Å²) >= 11 is 6.47. The van der Waals surface area contributed by atoms with Crippen molar-refractivity contribution in [3.8, 4) is 0 Å². The number of halogens is 1. The van der Waals surface area contributed by atoms with Crippen molar-refractivity contribution in [3.63, 3.8) is 0 Å².